The number of rotatable bonds is 5. The molecular weight excluding hydrogens is 299 g/mol. The van der Waals surface area contributed by atoms with E-state index in [1.807, 2.05) is 18.2 Å². The molecule has 0 aromatic heterocycles. The van der Waals surface area contributed by atoms with Gasteiger partial charge in [-0.25, -0.2) is 0 Å². The second-order valence-corrected chi connectivity index (χ2v) is 6.24. The highest BCUT2D eigenvalue weighted by Gasteiger charge is 2.31. The number of hydrogen-bond acceptors (Lipinski definition) is 0. The van der Waals surface area contributed by atoms with Crippen LogP contribution in [-0.4, -0.2) is 18.1 Å². The highest BCUT2D eigenvalue weighted by Crippen LogP contribution is 2.31. The third-order valence-corrected chi connectivity index (χ3v) is 4.76. The molecule has 0 spiro atoms. The molecule has 0 heterocycles. The Morgan fingerprint density at radius 3 is 2.00 bits per heavy atom. The Hall–Kier alpha value is -1.81. The quantitative estimate of drug-likeness (QED) is 0.644. The zero-order chi connectivity index (χ0) is 17.1. The van der Waals surface area contributed by atoms with Gasteiger partial charge in [0.05, 0.1) is 19.2 Å². The molecule has 0 saturated heterocycles. The van der Waals surface area contributed by atoms with Crippen molar-refractivity contribution in [1.29, 1.82) is 0 Å². The van der Waals surface area contributed by atoms with Crippen molar-refractivity contribution in [2.75, 3.05) is 13.6 Å². The lowest BCUT2D eigenvalue weighted by Gasteiger charge is -2.39. The van der Waals surface area contributed by atoms with Gasteiger partial charge in [-0.1, -0.05) is 42.5 Å². The van der Waals surface area contributed by atoms with Crippen molar-refractivity contribution in [2.45, 2.75) is 32.6 Å². The molecule has 124 valence electrons. The summed E-state index contributed by atoms with van der Waals surface area (Å²) in [6, 6.07) is 16.0. The molecular formula is C19H23F3N+. The van der Waals surface area contributed by atoms with Crippen LogP contribution in [0.3, 0.4) is 0 Å². The summed E-state index contributed by atoms with van der Waals surface area (Å²) in [7, 11) is 2.15. The first-order valence-electron chi connectivity index (χ1n) is 7.81. The monoisotopic (exact) mass is 322 g/mol. The van der Waals surface area contributed by atoms with E-state index in [1.165, 1.54) is 17.7 Å². The minimum absolute atomic E-state index is 0.267. The molecule has 0 aliphatic heterocycles. The van der Waals surface area contributed by atoms with Gasteiger partial charge in [0, 0.05) is 11.1 Å². The van der Waals surface area contributed by atoms with Crippen LogP contribution in [0.1, 0.15) is 36.6 Å². The van der Waals surface area contributed by atoms with Crippen LogP contribution >= 0.6 is 0 Å². The Morgan fingerprint density at radius 2 is 1.52 bits per heavy atom. The van der Waals surface area contributed by atoms with Gasteiger partial charge in [-0.3, -0.25) is 0 Å². The third-order valence-electron chi connectivity index (χ3n) is 4.76. The molecule has 0 aliphatic carbocycles. The van der Waals surface area contributed by atoms with E-state index in [2.05, 4.69) is 33.0 Å². The van der Waals surface area contributed by atoms with Crippen LogP contribution in [0.15, 0.2) is 54.6 Å². The SMILES string of the molecule is CC[N+](C)(Cc1ccc(C(F)(F)F)cc1)[C@@H](C)c1ccccc1. The Labute approximate surface area is 136 Å². The highest BCUT2D eigenvalue weighted by molar-refractivity contribution is 5.24. The summed E-state index contributed by atoms with van der Waals surface area (Å²) < 4.78 is 38.8. The predicted octanol–water partition coefficient (Wildman–Crippen LogP) is 5.43. The van der Waals surface area contributed by atoms with E-state index in [1.54, 1.807) is 12.1 Å². The van der Waals surface area contributed by atoms with Crippen molar-refractivity contribution in [1.82, 2.24) is 0 Å². The maximum absolute atomic E-state index is 12.7. The molecule has 2 rings (SSSR count). The van der Waals surface area contributed by atoms with Gasteiger partial charge in [0.2, 0.25) is 0 Å². The summed E-state index contributed by atoms with van der Waals surface area (Å²) in [5.41, 5.74) is 1.57. The molecule has 0 fully saturated rings. The molecule has 2 atom stereocenters. The van der Waals surface area contributed by atoms with Gasteiger partial charge in [0.25, 0.3) is 0 Å². The molecule has 0 amide bonds. The normalized spacial score (nSPS) is 15.9. The van der Waals surface area contributed by atoms with Crippen LogP contribution in [0.4, 0.5) is 13.2 Å². The van der Waals surface area contributed by atoms with Crippen LogP contribution in [0.25, 0.3) is 0 Å². The molecule has 2 aromatic carbocycles. The first-order chi connectivity index (χ1) is 10.8. The predicted molar refractivity (Wildman–Crippen MR) is 86.7 cm³/mol. The van der Waals surface area contributed by atoms with Crippen molar-refractivity contribution < 1.29 is 17.7 Å². The number of quaternary nitrogens is 1. The molecule has 1 nitrogen and oxygen atoms in total. The fraction of sp³-hybridized carbons (Fsp3) is 0.368. The van der Waals surface area contributed by atoms with E-state index in [4.69, 9.17) is 0 Å². The first kappa shape index (κ1) is 17.5. The molecule has 0 bridgehead atoms. The third kappa shape index (κ3) is 4.14. The lowest BCUT2D eigenvalue weighted by molar-refractivity contribution is -0.948. The topological polar surface area (TPSA) is 0 Å². The first-order valence-corrected chi connectivity index (χ1v) is 7.81. The molecule has 23 heavy (non-hydrogen) atoms. The largest absolute Gasteiger partial charge is 0.416 e. The molecule has 0 N–H and O–H groups in total. The molecule has 0 saturated carbocycles. The molecule has 0 aliphatic rings. The number of nitrogens with zero attached hydrogens (tertiary/aromatic N) is 1. The maximum Gasteiger partial charge on any atom is 0.416 e. The van der Waals surface area contributed by atoms with E-state index in [9.17, 15) is 13.2 Å². The van der Waals surface area contributed by atoms with Gasteiger partial charge in [-0.2, -0.15) is 13.2 Å². The lowest BCUT2D eigenvalue weighted by Crippen LogP contribution is -2.45. The standard InChI is InChI=1S/C19H23F3N/c1-4-23(3,15(2)17-8-6-5-7-9-17)14-16-10-12-18(13-11-16)19(20,21)22/h5-13,15H,4,14H2,1-3H3/q+1/t15-,23?/m0/s1. The molecule has 2 aromatic rings. The van der Waals surface area contributed by atoms with Gasteiger partial charge in [-0.05, 0) is 26.0 Å². The van der Waals surface area contributed by atoms with Crippen LogP contribution < -0.4 is 0 Å². The number of benzene rings is 2. The van der Waals surface area contributed by atoms with Crippen LogP contribution in [0.5, 0.6) is 0 Å². The van der Waals surface area contributed by atoms with E-state index in [0.717, 1.165) is 16.6 Å². The van der Waals surface area contributed by atoms with E-state index < -0.39 is 11.7 Å². The van der Waals surface area contributed by atoms with Crippen molar-refractivity contribution in [2.24, 2.45) is 0 Å². The zero-order valence-electron chi connectivity index (χ0n) is 13.8. The van der Waals surface area contributed by atoms with Gasteiger partial charge >= 0.3 is 6.18 Å². The molecule has 0 radical (unpaired) electrons. The summed E-state index contributed by atoms with van der Waals surface area (Å²) in [6.45, 7) is 5.88. The second-order valence-electron chi connectivity index (χ2n) is 6.24. The maximum atomic E-state index is 12.7. The van der Waals surface area contributed by atoms with Crippen molar-refractivity contribution in [3.05, 3.63) is 71.3 Å². The summed E-state index contributed by atoms with van der Waals surface area (Å²) in [5, 5.41) is 0. The minimum atomic E-state index is -4.28. The second kappa shape index (κ2) is 6.75. The van der Waals surface area contributed by atoms with Crippen LogP contribution in [-0.2, 0) is 12.7 Å². The summed E-state index contributed by atoms with van der Waals surface area (Å²) >= 11 is 0. The van der Waals surface area contributed by atoms with E-state index in [-0.39, 0.29) is 6.04 Å². The molecule has 1 unspecified atom stereocenters. The summed E-state index contributed by atoms with van der Waals surface area (Å²) in [5.74, 6) is 0. The van der Waals surface area contributed by atoms with Gasteiger partial charge in [-0.15, -0.1) is 0 Å². The van der Waals surface area contributed by atoms with Crippen molar-refractivity contribution in [3.63, 3.8) is 0 Å². The van der Waals surface area contributed by atoms with E-state index >= 15 is 0 Å². The number of alkyl halides is 3. The van der Waals surface area contributed by atoms with Gasteiger partial charge in [0.1, 0.15) is 12.6 Å². The van der Waals surface area contributed by atoms with Gasteiger partial charge < -0.3 is 4.48 Å². The lowest BCUT2D eigenvalue weighted by atomic mass is 10.0. The fourth-order valence-corrected chi connectivity index (χ4v) is 2.83. The Kier molecular flexibility index (Phi) is 5.15. The number of halogens is 3. The van der Waals surface area contributed by atoms with Crippen LogP contribution in [0.2, 0.25) is 0 Å². The average Bonchev–Trinajstić information content (AvgIpc) is 2.54. The smallest absolute Gasteiger partial charge is 0.317 e. The van der Waals surface area contributed by atoms with Gasteiger partial charge in [0.15, 0.2) is 0 Å². The highest BCUT2D eigenvalue weighted by atomic mass is 19.4. The van der Waals surface area contributed by atoms with Crippen molar-refractivity contribution in [3.8, 4) is 0 Å². The Bertz CT molecular complexity index is 619. The minimum Gasteiger partial charge on any atom is -0.317 e. The average molecular weight is 322 g/mol. The fourth-order valence-electron chi connectivity index (χ4n) is 2.83. The van der Waals surface area contributed by atoms with Crippen LogP contribution in [0, 0.1) is 0 Å². The molecule has 4 heteroatoms. The Balaban J connectivity index is 2.21. The zero-order valence-corrected chi connectivity index (χ0v) is 13.8. The number of hydrogen-bond donors (Lipinski definition) is 0. The van der Waals surface area contributed by atoms with Crippen molar-refractivity contribution >= 4 is 0 Å². The van der Waals surface area contributed by atoms with E-state index in [0.29, 0.717) is 6.54 Å². The summed E-state index contributed by atoms with van der Waals surface area (Å²) in [4.78, 5) is 0. The Morgan fingerprint density at radius 1 is 0.957 bits per heavy atom. The summed E-state index contributed by atoms with van der Waals surface area (Å²) in [6.07, 6.45) is -4.28.